The molecule has 1 aromatic heterocycles. The van der Waals surface area contributed by atoms with Gasteiger partial charge >= 0.3 is 0 Å². The summed E-state index contributed by atoms with van der Waals surface area (Å²) in [6.07, 6.45) is 0. The highest BCUT2D eigenvalue weighted by atomic mass is 16.5. The van der Waals surface area contributed by atoms with Crippen molar-refractivity contribution in [2.45, 2.75) is 13.0 Å². The minimum atomic E-state index is -0.307. The molecule has 1 heterocycles. The zero-order chi connectivity index (χ0) is 18.5. The van der Waals surface area contributed by atoms with E-state index in [4.69, 9.17) is 14.0 Å². The van der Waals surface area contributed by atoms with E-state index in [1.54, 1.807) is 38.5 Å². The van der Waals surface area contributed by atoms with E-state index in [1.807, 2.05) is 37.3 Å². The molecule has 0 radical (unpaired) electrons. The van der Waals surface area contributed by atoms with Gasteiger partial charge in [0.2, 0.25) is 0 Å². The lowest BCUT2D eigenvalue weighted by Crippen LogP contribution is -2.26. The number of carbonyl (C=O) groups excluding carboxylic acids is 1. The molecule has 0 spiro atoms. The second-order valence-electron chi connectivity index (χ2n) is 5.75. The molecule has 2 aromatic carbocycles. The number of nitrogens with zero attached hydrogens (tertiary/aromatic N) is 1. The molecule has 1 amide bonds. The summed E-state index contributed by atoms with van der Waals surface area (Å²) in [6.45, 7) is 1.92. The highest BCUT2D eigenvalue weighted by Crippen LogP contribution is 2.33. The Balaban J connectivity index is 1.80. The molecule has 1 N–H and O–H groups in total. The van der Waals surface area contributed by atoms with Crippen molar-refractivity contribution < 1.29 is 18.8 Å². The molecule has 0 saturated heterocycles. The molecule has 6 nitrogen and oxygen atoms in total. The number of benzene rings is 2. The Kier molecular flexibility index (Phi) is 5.22. The van der Waals surface area contributed by atoms with Gasteiger partial charge in [-0.3, -0.25) is 4.79 Å². The molecule has 1 unspecified atom stereocenters. The number of amides is 1. The molecule has 0 aliphatic rings. The summed E-state index contributed by atoms with van der Waals surface area (Å²) in [7, 11) is 3.15. The molecule has 0 aliphatic carbocycles. The SMILES string of the molecule is COc1ccc(OC)c(-c2cc(C(=O)NC(C)c3ccccc3)no2)c1. The molecular weight excluding hydrogens is 332 g/mol. The van der Waals surface area contributed by atoms with Crippen LogP contribution in [-0.2, 0) is 0 Å². The molecular formula is C20H20N2O4. The first-order valence-corrected chi connectivity index (χ1v) is 8.17. The van der Waals surface area contributed by atoms with Gasteiger partial charge in [-0.1, -0.05) is 35.5 Å². The van der Waals surface area contributed by atoms with Crippen LogP contribution in [0.5, 0.6) is 11.5 Å². The maximum Gasteiger partial charge on any atom is 0.273 e. The van der Waals surface area contributed by atoms with Crippen LogP contribution in [0, 0.1) is 0 Å². The van der Waals surface area contributed by atoms with Gasteiger partial charge in [0.25, 0.3) is 5.91 Å². The maximum absolute atomic E-state index is 12.5. The quantitative estimate of drug-likeness (QED) is 0.729. The van der Waals surface area contributed by atoms with Crippen LogP contribution in [0.15, 0.2) is 59.1 Å². The summed E-state index contributed by atoms with van der Waals surface area (Å²) in [5.74, 6) is 1.38. The van der Waals surface area contributed by atoms with Crippen LogP contribution in [0.3, 0.4) is 0 Å². The van der Waals surface area contributed by atoms with Crippen molar-refractivity contribution in [3.63, 3.8) is 0 Å². The number of hydrogen-bond acceptors (Lipinski definition) is 5. The molecule has 1 atom stereocenters. The van der Waals surface area contributed by atoms with E-state index < -0.39 is 0 Å². The van der Waals surface area contributed by atoms with Crippen LogP contribution in [-0.4, -0.2) is 25.3 Å². The largest absolute Gasteiger partial charge is 0.497 e. The van der Waals surface area contributed by atoms with Crippen molar-refractivity contribution in [2.24, 2.45) is 0 Å². The van der Waals surface area contributed by atoms with Crippen molar-refractivity contribution in [3.05, 3.63) is 65.9 Å². The first-order valence-electron chi connectivity index (χ1n) is 8.17. The lowest BCUT2D eigenvalue weighted by Gasteiger charge is -2.12. The molecule has 0 saturated carbocycles. The summed E-state index contributed by atoms with van der Waals surface area (Å²) < 4.78 is 15.9. The summed E-state index contributed by atoms with van der Waals surface area (Å²) >= 11 is 0. The van der Waals surface area contributed by atoms with E-state index in [-0.39, 0.29) is 17.6 Å². The number of nitrogens with one attached hydrogen (secondary N) is 1. The molecule has 3 aromatic rings. The molecule has 134 valence electrons. The lowest BCUT2D eigenvalue weighted by atomic mass is 10.1. The van der Waals surface area contributed by atoms with Gasteiger partial charge < -0.3 is 19.3 Å². The Labute approximate surface area is 151 Å². The zero-order valence-corrected chi connectivity index (χ0v) is 14.9. The second kappa shape index (κ2) is 7.74. The number of ether oxygens (including phenoxy) is 2. The van der Waals surface area contributed by atoms with E-state index in [1.165, 1.54) is 0 Å². The van der Waals surface area contributed by atoms with Crippen molar-refractivity contribution in [3.8, 4) is 22.8 Å². The number of carbonyl (C=O) groups is 1. The van der Waals surface area contributed by atoms with E-state index in [2.05, 4.69) is 10.5 Å². The molecule has 0 aliphatic heterocycles. The summed E-state index contributed by atoms with van der Waals surface area (Å²) in [5.41, 5.74) is 1.88. The Morgan fingerprint density at radius 3 is 2.54 bits per heavy atom. The third-order valence-electron chi connectivity index (χ3n) is 4.06. The summed E-state index contributed by atoms with van der Waals surface area (Å²) in [4.78, 5) is 12.5. The van der Waals surface area contributed by atoms with Gasteiger partial charge in [0.15, 0.2) is 11.5 Å². The van der Waals surface area contributed by atoms with Crippen LogP contribution < -0.4 is 14.8 Å². The van der Waals surface area contributed by atoms with E-state index in [0.717, 1.165) is 5.56 Å². The van der Waals surface area contributed by atoms with Gasteiger partial charge in [0.05, 0.1) is 25.8 Å². The number of aromatic nitrogens is 1. The number of methoxy groups -OCH3 is 2. The van der Waals surface area contributed by atoms with Gasteiger partial charge in [-0.15, -0.1) is 0 Å². The maximum atomic E-state index is 12.5. The fourth-order valence-electron chi connectivity index (χ4n) is 2.61. The van der Waals surface area contributed by atoms with Gasteiger partial charge in [0.1, 0.15) is 11.5 Å². The van der Waals surface area contributed by atoms with Crippen LogP contribution in [0.2, 0.25) is 0 Å². The summed E-state index contributed by atoms with van der Waals surface area (Å²) in [5, 5.41) is 6.80. The second-order valence-corrected chi connectivity index (χ2v) is 5.75. The van der Waals surface area contributed by atoms with Gasteiger partial charge in [0, 0.05) is 6.07 Å². The Morgan fingerprint density at radius 2 is 1.85 bits per heavy atom. The molecule has 6 heteroatoms. The minimum absolute atomic E-state index is 0.143. The third kappa shape index (κ3) is 3.69. The van der Waals surface area contributed by atoms with Gasteiger partial charge in [-0.25, -0.2) is 0 Å². The lowest BCUT2D eigenvalue weighted by molar-refractivity contribution is 0.0931. The monoisotopic (exact) mass is 352 g/mol. The fourth-order valence-corrected chi connectivity index (χ4v) is 2.61. The Morgan fingerprint density at radius 1 is 1.08 bits per heavy atom. The highest BCUT2D eigenvalue weighted by Gasteiger charge is 2.18. The van der Waals surface area contributed by atoms with E-state index in [9.17, 15) is 4.79 Å². The first kappa shape index (κ1) is 17.5. The smallest absolute Gasteiger partial charge is 0.273 e. The van der Waals surface area contributed by atoms with Gasteiger partial charge in [-0.2, -0.15) is 0 Å². The van der Waals surface area contributed by atoms with Crippen LogP contribution in [0.4, 0.5) is 0 Å². The van der Waals surface area contributed by atoms with E-state index in [0.29, 0.717) is 22.8 Å². The summed E-state index contributed by atoms with van der Waals surface area (Å²) in [6, 6.07) is 16.5. The Hall–Kier alpha value is -3.28. The van der Waals surface area contributed by atoms with Crippen molar-refractivity contribution in [1.29, 1.82) is 0 Å². The Bertz CT molecular complexity index is 890. The third-order valence-corrected chi connectivity index (χ3v) is 4.06. The first-order chi connectivity index (χ1) is 12.6. The average molecular weight is 352 g/mol. The molecule has 26 heavy (non-hydrogen) atoms. The standard InChI is InChI=1S/C20H20N2O4/c1-13(14-7-5-4-6-8-14)21-20(23)17-12-19(26-22-17)16-11-15(24-2)9-10-18(16)25-3/h4-13H,1-3H3,(H,21,23). The topological polar surface area (TPSA) is 73.6 Å². The van der Waals surface area contributed by atoms with Crippen LogP contribution in [0.25, 0.3) is 11.3 Å². The van der Waals surface area contributed by atoms with Crippen molar-refractivity contribution in [1.82, 2.24) is 10.5 Å². The fraction of sp³-hybridized carbons (Fsp3) is 0.200. The minimum Gasteiger partial charge on any atom is -0.497 e. The van der Waals surface area contributed by atoms with Crippen LogP contribution >= 0.6 is 0 Å². The number of hydrogen-bond donors (Lipinski definition) is 1. The highest BCUT2D eigenvalue weighted by molar-refractivity contribution is 5.93. The van der Waals surface area contributed by atoms with Gasteiger partial charge in [-0.05, 0) is 30.7 Å². The van der Waals surface area contributed by atoms with Crippen LogP contribution in [0.1, 0.15) is 29.0 Å². The predicted molar refractivity (Wildman–Crippen MR) is 97.4 cm³/mol. The van der Waals surface area contributed by atoms with Crippen molar-refractivity contribution >= 4 is 5.91 Å². The molecule has 3 rings (SSSR count). The normalized spacial score (nSPS) is 11.7. The molecule has 0 fully saturated rings. The number of rotatable bonds is 6. The predicted octanol–water partition coefficient (Wildman–Crippen LogP) is 3.85. The molecule has 0 bridgehead atoms. The van der Waals surface area contributed by atoms with Crippen molar-refractivity contribution in [2.75, 3.05) is 14.2 Å². The van der Waals surface area contributed by atoms with E-state index >= 15 is 0 Å². The zero-order valence-electron chi connectivity index (χ0n) is 14.9. The average Bonchev–Trinajstić information content (AvgIpc) is 3.18.